The highest BCUT2D eigenvalue weighted by Gasteiger charge is 2.21. The van der Waals surface area contributed by atoms with Crippen molar-refractivity contribution >= 4 is 5.69 Å². The number of nitro groups is 1. The molecule has 0 bridgehead atoms. The predicted octanol–water partition coefficient (Wildman–Crippen LogP) is 0.367. The molecule has 0 radical (unpaired) electrons. The van der Waals surface area contributed by atoms with E-state index in [0.29, 0.717) is 0 Å². The summed E-state index contributed by atoms with van der Waals surface area (Å²) in [6, 6.07) is 2.03. The van der Waals surface area contributed by atoms with E-state index in [1.807, 2.05) is 0 Å². The average Bonchev–Trinajstić information content (AvgIpc) is 1.94. The predicted molar refractivity (Wildman–Crippen MR) is 32.0 cm³/mol. The number of hydrogen-bond donors (Lipinski definition) is 0. The standard InChI is InChI=1S/C5H3FN2O3/c6-5-4(8(10)11)2-1-3-7(5)9/h1-3H. The van der Waals surface area contributed by atoms with Gasteiger partial charge in [0.2, 0.25) is 0 Å². The minimum absolute atomic E-state index is 0.196. The molecule has 1 rings (SSSR count). The first-order valence-electron chi connectivity index (χ1n) is 2.65. The maximum atomic E-state index is 12.5. The summed E-state index contributed by atoms with van der Waals surface area (Å²) in [5.41, 5.74) is -0.817. The van der Waals surface area contributed by atoms with Crippen LogP contribution in [0.2, 0.25) is 0 Å². The van der Waals surface area contributed by atoms with Crippen molar-refractivity contribution in [3.8, 4) is 0 Å². The van der Waals surface area contributed by atoms with Crippen molar-refractivity contribution in [3.63, 3.8) is 0 Å². The Hall–Kier alpha value is -1.72. The third-order valence-corrected chi connectivity index (χ3v) is 1.08. The highest BCUT2D eigenvalue weighted by Crippen LogP contribution is 2.10. The second kappa shape index (κ2) is 2.49. The monoisotopic (exact) mass is 158 g/mol. The van der Waals surface area contributed by atoms with E-state index >= 15 is 0 Å². The molecule has 0 aliphatic carbocycles. The van der Waals surface area contributed by atoms with Crippen molar-refractivity contribution in [2.75, 3.05) is 0 Å². The molecule has 1 heterocycles. The highest BCUT2D eigenvalue weighted by atomic mass is 19.1. The molecule has 0 aliphatic rings. The number of halogens is 1. The topological polar surface area (TPSA) is 70.1 Å². The van der Waals surface area contributed by atoms with Gasteiger partial charge in [-0.3, -0.25) is 10.1 Å². The normalized spacial score (nSPS) is 9.55. The van der Waals surface area contributed by atoms with Crippen LogP contribution in [0, 0.1) is 21.3 Å². The lowest BCUT2D eigenvalue weighted by molar-refractivity contribution is -0.642. The number of aromatic nitrogens is 1. The van der Waals surface area contributed by atoms with Gasteiger partial charge < -0.3 is 5.21 Å². The van der Waals surface area contributed by atoms with E-state index < -0.39 is 16.6 Å². The lowest BCUT2D eigenvalue weighted by Crippen LogP contribution is -2.30. The van der Waals surface area contributed by atoms with Gasteiger partial charge in [0.05, 0.1) is 4.92 Å². The summed E-state index contributed by atoms with van der Waals surface area (Å²) in [5.74, 6) is -1.39. The Bertz CT molecular complexity index is 302. The number of rotatable bonds is 1. The van der Waals surface area contributed by atoms with Gasteiger partial charge in [0.1, 0.15) is 0 Å². The van der Waals surface area contributed by atoms with Crippen molar-refractivity contribution < 1.29 is 14.0 Å². The van der Waals surface area contributed by atoms with Gasteiger partial charge in [-0.1, -0.05) is 0 Å². The van der Waals surface area contributed by atoms with Crippen LogP contribution in [0.3, 0.4) is 0 Å². The first-order chi connectivity index (χ1) is 5.13. The molecule has 5 nitrogen and oxygen atoms in total. The minimum Gasteiger partial charge on any atom is -0.616 e. The van der Waals surface area contributed by atoms with E-state index in [9.17, 15) is 19.7 Å². The van der Waals surface area contributed by atoms with E-state index in [1.54, 1.807) is 0 Å². The molecule has 1 aromatic heterocycles. The van der Waals surface area contributed by atoms with Gasteiger partial charge >= 0.3 is 11.6 Å². The molecule has 0 fully saturated rings. The van der Waals surface area contributed by atoms with Crippen LogP contribution in [0.5, 0.6) is 0 Å². The SMILES string of the molecule is O=[N+]([O-])c1ccc[n+]([O-])c1F. The van der Waals surface area contributed by atoms with Crippen molar-refractivity contribution in [2.45, 2.75) is 0 Å². The third kappa shape index (κ3) is 1.23. The molecule has 0 amide bonds. The molecule has 0 aromatic carbocycles. The van der Waals surface area contributed by atoms with Gasteiger partial charge in [-0.05, 0) is 0 Å². The Balaban J connectivity index is 3.27. The van der Waals surface area contributed by atoms with Crippen LogP contribution in [0.15, 0.2) is 18.3 Å². The van der Waals surface area contributed by atoms with E-state index in [1.165, 1.54) is 0 Å². The molecule has 0 saturated heterocycles. The Morgan fingerprint density at radius 3 is 2.73 bits per heavy atom. The molecule has 0 unspecified atom stereocenters. The second-order valence-electron chi connectivity index (χ2n) is 1.77. The molecule has 11 heavy (non-hydrogen) atoms. The molecule has 0 spiro atoms. The lowest BCUT2D eigenvalue weighted by Gasteiger charge is -1.94. The Morgan fingerprint density at radius 2 is 2.27 bits per heavy atom. The van der Waals surface area contributed by atoms with E-state index in [4.69, 9.17) is 0 Å². The number of hydrogen-bond acceptors (Lipinski definition) is 3. The van der Waals surface area contributed by atoms with Crippen LogP contribution >= 0.6 is 0 Å². The summed E-state index contributed by atoms with van der Waals surface area (Å²) in [7, 11) is 0. The van der Waals surface area contributed by atoms with Crippen LogP contribution in [-0.2, 0) is 0 Å². The fourth-order valence-electron chi connectivity index (χ4n) is 0.596. The molecule has 0 aliphatic heterocycles. The molecule has 0 atom stereocenters. The quantitative estimate of drug-likeness (QED) is 0.195. The number of nitrogens with zero attached hydrogens (tertiary/aromatic N) is 2. The maximum Gasteiger partial charge on any atom is 0.450 e. The largest absolute Gasteiger partial charge is 0.616 e. The summed E-state index contributed by atoms with van der Waals surface area (Å²) in [6.07, 6.45) is 0.850. The Kier molecular flexibility index (Phi) is 1.67. The molecular formula is C5H3FN2O3. The zero-order valence-electron chi connectivity index (χ0n) is 5.23. The van der Waals surface area contributed by atoms with Crippen LogP contribution in [0.25, 0.3) is 0 Å². The summed E-state index contributed by atoms with van der Waals surface area (Å²) in [4.78, 5) is 9.03. The molecule has 58 valence electrons. The zero-order valence-corrected chi connectivity index (χ0v) is 5.23. The average molecular weight is 158 g/mol. The molecule has 0 saturated carbocycles. The second-order valence-corrected chi connectivity index (χ2v) is 1.77. The molecule has 6 heteroatoms. The molecule has 0 N–H and O–H groups in total. The Labute approximate surface area is 60.4 Å². The van der Waals surface area contributed by atoms with Crippen LogP contribution in [0.4, 0.5) is 10.1 Å². The maximum absolute atomic E-state index is 12.5. The van der Waals surface area contributed by atoms with Gasteiger partial charge in [0.15, 0.2) is 6.20 Å². The zero-order chi connectivity index (χ0) is 8.43. The van der Waals surface area contributed by atoms with Crippen molar-refractivity contribution in [3.05, 3.63) is 39.6 Å². The Morgan fingerprint density at radius 1 is 1.64 bits per heavy atom. The fraction of sp³-hybridized carbons (Fsp3) is 0. The third-order valence-electron chi connectivity index (χ3n) is 1.08. The van der Waals surface area contributed by atoms with Crippen molar-refractivity contribution in [1.29, 1.82) is 0 Å². The van der Waals surface area contributed by atoms with Gasteiger partial charge in [-0.2, -0.15) is 0 Å². The van der Waals surface area contributed by atoms with Crippen molar-refractivity contribution in [1.82, 2.24) is 0 Å². The fourth-order valence-corrected chi connectivity index (χ4v) is 0.596. The highest BCUT2D eigenvalue weighted by molar-refractivity contribution is 5.23. The summed E-state index contributed by atoms with van der Waals surface area (Å²) in [6.45, 7) is 0. The molecule has 1 aromatic rings. The van der Waals surface area contributed by atoms with E-state index in [2.05, 4.69) is 0 Å². The van der Waals surface area contributed by atoms with E-state index in [0.717, 1.165) is 18.3 Å². The number of pyridine rings is 1. The van der Waals surface area contributed by atoms with E-state index in [-0.39, 0.29) is 4.73 Å². The van der Waals surface area contributed by atoms with Crippen molar-refractivity contribution in [2.24, 2.45) is 0 Å². The molecular weight excluding hydrogens is 155 g/mol. The summed E-state index contributed by atoms with van der Waals surface area (Å²) >= 11 is 0. The van der Waals surface area contributed by atoms with Gasteiger partial charge in [0.25, 0.3) is 0 Å². The smallest absolute Gasteiger partial charge is 0.450 e. The van der Waals surface area contributed by atoms with Crippen LogP contribution < -0.4 is 4.73 Å². The first-order valence-corrected chi connectivity index (χ1v) is 2.65. The minimum atomic E-state index is -1.39. The van der Waals surface area contributed by atoms with Gasteiger partial charge in [-0.15, -0.1) is 9.12 Å². The first kappa shape index (κ1) is 7.39. The van der Waals surface area contributed by atoms with Crippen LogP contribution in [0.1, 0.15) is 0 Å². The van der Waals surface area contributed by atoms with Gasteiger partial charge in [0, 0.05) is 12.1 Å². The van der Waals surface area contributed by atoms with Crippen LogP contribution in [-0.4, -0.2) is 4.92 Å². The summed E-state index contributed by atoms with van der Waals surface area (Å²) < 4.78 is 12.3. The lowest BCUT2D eigenvalue weighted by atomic mass is 10.4. The summed E-state index contributed by atoms with van der Waals surface area (Å²) in [5, 5.41) is 20.4. The van der Waals surface area contributed by atoms with Gasteiger partial charge in [-0.25, -0.2) is 0 Å².